The molecular formula is C13H25NO5. The smallest absolute Gasteiger partial charge is 0.193 e. The maximum Gasteiger partial charge on any atom is 0.193 e. The number of ketones is 1. The molecular weight excluding hydrogens is 250 g/mol. The zero-order valence-electron chi connectivity index (χ0n) is 11.1. The third-order valence-electron chi connectivity index (χ3n) is 3.87. The van der Waals surface area contributed by atoms with Crippen LogP contribution in [0.3, 0.4) is 0 Å². The van der Waals surface area contributed by atoms with Gasteiger partial charge >= 0.3 is 0 Å². The molecule has 4 atom stereocenters. The van der Waals surface area contributed by atoms with Gasteiger partial charge in [-0.05, 0) is 12.3 Å². The summed E-state index contributed by atoms with van der Waals surface area (Å²) < 4.78 is 0. The Bertz CT molecular complexity index is 280. The highest BCUT2D eigenvalue weighted by molar-refractivity contribution is 5.88. The minimum absolute atomic E-state index is 0.408. The normalized spacial score (nSPS) is 23.6. The Kier molecular flexibility index (Phi) is 6.88. The van der Waals surface area contributed by atoms with E-state index in [1.54, 1.807) is 0 Å². The Morgan fingerprint density at radius 2 is 1.68 bits per heavy atom. The molecule has 0 aromatic heterocycles. The first-order valence-electron chi connectivity index (χ1n) is 6.91. The lowest BCUT2D eigenvalue weighted by Gasteiger charge is -2.27. The average molecular weight is 275 g/mol. The van der Waals surface area contributed by atoms with Crippen LogP contribution in [0, 0.1) is 5.92 Å². The van der Waals surface area contributed by atoms with Crippen molar-refractivity contribution in [3.63, 3.8) is 0 Å². The van der Waals surface area contributed by atoms with Crippen LogP contribution < -0.4 is 5.73 Å². The van der Waals surface area contributed by atoms with Gasteiger partial charge in [-0.3, -0.25) is 4.79 Å². The number of aliphatic hydroxyl groups excluding tert-OH is 4. The average Bonchev–Trinajstić information content (AvgIpc) is 2.44. The van der Waals surface area contributed by atoms with Crippen LogP contribution in [0.15, 0.2) is 0 Å². The molecule has 0 saturated heterocycles. The zero-order chi connectivity index (χ0) is 14.4. The molecule has 0 aromatic carbocycles. The Labute approximate surface area is 113 Å². The van der Waals surface area contributed by atoms with Crippen molar-refractivity contribution in [3.05, 3.63) is 0 Å². The van der Waals surface area contributed by atoms with Crippen LogP contribution in [0.5, 0.6) is 0 Å². The molecule has 0 aliphatic heterocycles. The Morgan fingerprint density at radius 3 is 2.21 bits per heavy atom. The van der Waals surface area contributed by atoms with Crippen LogP contribution in [0.4, 0.5) is 0 Å². The molecule has 0 radical (unpaired) electrons. The van der Waals surface area contributed by atoms with Crippen molar-refractivity contribution < 1.29 is 25.2 Å². The monoisotopic (exact) mass is 275 g/mol. The van der Waals surface area contributed by atoms with Gasteiger partial charge in [0.25, 0.3) is 0 Å². The van der Waals surface area contributed by atoms with Crippen LogP contribution in [0.25, 0.3) is 0 Å². The van der Waals surface area contributed by atoms with Crippen molar-refractivity contribution in [1.82, 2.24) is 0 Å². The maximum atomic E-state index is 11.7. The van der Waals surface area contributed by atoms with Gasteiger partial charge in [-0.25, -0.2) is 0 Å². The highest BCUT2D eigenvalue weighted by atomic mass is 16.4. The summed E-state index contributed by atoms with van der Waals surface area (Å²) in [7, 11) is 0. The second kappa shape index (κ2) is 7.91. The summed E-state index contributed by atoms with van der Waals surface area (Å²) in [5.41, 5.74) is 5.80. The quantitative estimate of drug-likeness (QED) is 0.403. The summed E-state index contributed by atoms with van der Waals surface area (Å²) in [5, 5.41) is 37.1. The molecule has 1 rings (SSSR count). The van der Waals surface area contributed by atoms with Gasteiger partial charge in [0.2, 0.25) is 0 Å². The SMILES string of the molecule is NC(CC1CCCCC1)[C@@H](O)C(=O)C(O)C(O)CO. The van der Waals surface area contributed by atoms with Crippen molar-refractivity contribution >= 4 is 5.78 Å². The Balaban J connectivity index is 2.46. The summed E-state index contributed by atoms with van der Waals surface area (Å²) in [5.74, 6) is -0.518. The molecule has 1 fully saturated rings. The number of rotatable bonds is 7. The predicted octanol–water partition coefficient (Wildman–Crippen LogP) is -1.07. The van der Waals surface area contributed by atoms with E-state index >= 15 is 0 Å². The topological polar surface area (TPSA) is 124 Å². The van der Waals surface area contributed by atoms with Crippen LogP contribution in [-0.2, 0) is 4.79 Å². The second-order valence-corrected chi connectivity index (χ2v) is 5.45. The molecule has 112 valence electrons. The summed E-state index contributed by atoms with van der Waals surface area (Å²) in [4.78, 5) is 11.7. The fourth-order valence-corrected chi connectivity index (χ4v) is 2.61. The van der Waals surface area contributed by atoms with Crippen molar-refractivity contribution in [2.45, 2.75) is 62.9 Å². The number of Topliss-reactive ketones (excluding diaryl/α,β-unsaturated/α-hetero) is 1. The number of hydrogen-bond donors (Lipinski definition) is 5. The molecule has 6 N–H and O–H groups in total. The lowest BCUT2D eigenvalue weighted by atomic mass is 9.83. The third-order valence-corrected chi connectivity index (χ3v) is 3.87. The zero-order valence-corrected chi connectivity index (χ0v) is 11.1. The van der Waals surface area contributed by atoms with Crippen molar-refractivity contribution in [3.8, 4) is 0 Å². The van der Waals surface area contributed by atoms with E-state index in [-0.39, 0.29) is 0 Å². The fourth-order valence-electron chi connectivity index (χ4n) is 2.61. The molecule has 0 bridgehead atoms. The summed E-state index contributed by atoms with van der Waals surface area (Å²) in [6, 6.07) is -0.740. The van der Waals surface area contributed by atoms with Gasteiger partial charge in [0.1, 0.15) is 18.3 Å². The van der Waals surface area contributed by atoms with E-state index in [4.69, 9.17) is 10.8 Å². The van der Waals surface area contributed by atoms with Crippen LogP contribution >= 0.6 is 0 Å². The first-order chi connectivity index (χ1) is 8.97. The van der Waals surface area contributed by atoms with Gasteiger partial charge in [-0.1, -0.05) is 32.1 Å². The third kappa shape index (κ3) is 4.81. The molecule has 3 unspecified atom stereocenters. The van der Waals surface area contributed by atoms with Gasteiger partial charge in [0.15, 0.2) is 5.78 Å². The van der Waals surface area contributed by atoms with Gasteiger partial charge in [0.05, 0.1) is 6.61 Å². The van der Waals surface area contributed by atoms with E-state index in [1.165, 1.54) is 6.42 Å². The van der Waals surface area contributed by atoms with E-state index in [0.717, 1.165) is 25.7 Å². The van der Waals surface area contributed by atoms with Crippen LogP contribution in [0.1, 0.15) is 38.5 Å². The van der Waals surface area contributed by atoms with Crippen LogP contribution in [0.2, 0.25) is 0 Å². The van der Waals surface area contributed by atoms with Gasteiger partial charge in [-0.2, -0.15) is 0 Å². The first-order valence-corrected chi connectivity index (χ1v) is 6.91. The minimum Gasteiger partial charge on any atom is -0.394 e. The summed E-state index contributed by atoms with van der Waals surface area (Å²) in [6.07, 6.45) is 1.27. The van der Waals surface area contributed by atoms with Gasteiger partial charge in [0, 0.05) is 6.04 Å². The highest BCUT2D eigenvalue weighted by Crippen LogP contribution is 2.27. The molecule has 6 heteroatoms. The molecule has 0 heterocycles. The Hall–Kier alpha value is -0.530. The number of nitrogens with two attached hydrogens (primary N) is 1. The highest BCUT2D eigenvalue weighted by Gasteiger charge is 2.33. The van der Waals surface area contributed by atoms with E-state index in [2.05, 4.69) is 0 Å². The van der Waals surface area contributed by atoms with Crippen molar-refractivity contribution in [1.29, 1.82) is 0 Å². The fraction of sp³-hybridized carbons (Fsp3) is 0.923. The summed E-state index contributed by atoms with van der Waals surface area (Å²) in [6.45, 7) is -0.739. The lowest BCUT2D eigenvalue weighted by molar-refractivity contribution is -0.144. The largest absolute Gasteiger partial charge is 0.394 e. The molecule has 0 spiro atoms. The molecule has 0 aromatic rings. The summed E-state index contributed by atoms with van der Waals surface area (Å²) >= 11 is 0. The molecule has 19 heavy (non-hydrogen) atoms. The molecule has 6 nitrogen and oxygen atoms in total. The number of aliphatic hydroxyl groups is 4. The van der Waals surface area contributed by atoms with Gasteiger partial charge < -0.3 is 26.2 Å². The second-order valence-electron chi connectivity index (χ2n) is 5.45. The minimum atomic E-state index is -1.79. The van der Waals surface area contributed by atoms with Crippen molar-refractivity contribution in [2.75, 3.05) is 6.61 Å². The van der Waals surface area contributed by atoms with E-state index in [0.29, 0.717) is 12.3 Å². The number of carbonyl (C=O) groups is 1. The van der Waals surface area contributed by atoms with Gasteiger partial charge in [-0.15, -0.1) is 0 Å². The predicted molar refractivity (Wildman–Crippen MR) is 69.3 cm³/mol. The maximum absolute atomic E-state index is 11.7. The Morgan fingerprint density at radius 1 is 1.11 bits per heavy atom. The van der Waals surface area contributed by atoms with E-state index in [9.17, 15) is 20.1 Å². The molecule has 0 amide bonds. The lowest BCUT2D eigenvalue weighted by Crippen LogP contribution is -2.49. The van der Waals surface area contributed by atoms with E-state index in [1.807, 2.05) is 0 Å². The molecule has 1 aliphatic carbocycles. The van der Waals surface area contributed by atoms with Crippen LogP contribution in [-0.4, -0.2) is 57.2 Å². The van der Waals surface area contributed by atoms with Crippen molar-refractivity contribution in [2.24, 2.45) is 11.7 Å². The van der Waals surface area contributed by atoms with E-state index < -0.39 is 36.7 Å². The molecule has 1 saturated carbocycles. The molecule has 1 aliphatic rings. The number of hydrogen-bond acceptors (Lipinski definition) is 6. The first kappa shape index (κ1) is 16.5. The number of carbonyl (C=O) groups excluding carboxylic acids is 1. The standard InChI is InChI=1S/C13H25NO5/c14-9(6-8-4-2-1-3-5-8)11(17)13(19)12(18)10(16)7-15/h8-12,15-18H,1-7,14H2/t9?,10?,11-,12?/m1/s1.